The molecule has 0 aliphatic carbocycles. The number of aromatic nitrogens is 4. The molecule has 166 valence electrons. The van der Waals surface area contributed by atoms with E-state index in [1.165, 1.54) is 22.9 Å². The number of hydrogen-bond donors (Lipinski definition) is 1. The van der Waals surface area contributed by atoms with Gasteiger partial charge in [0.05, 0.1) is 27.2 Å². The van der Waals surface area contributed by atoms with E-state index in [9.17, 15) is 18.0 Å². The number of rotatable bonds is 2. The third-order valence-electron chi connectivity index (χ3n) is 5.57. The highest BCUT2D eigenvalue weighted by Crippen LogP contribution is 2.40. The number of H-pyrrole nitrogens is 1. The number of fused-ring (bicyclic) bond motifs is 2. The zero-order valence-corrected chi connectivity index (χ0v) is 17.7. The number of hydrogen-bond acceptors (Lipinski definition) is 2. The maximum Gasteiger partial charge on any atom is 0.417 e. The first kappa shape index (κ1) is 21.1. The molecule has 1 aliphatic heterocycles. The highest BCUT2D eigenvalue weighted by molar-refractivity contribution is 6.36. The van der Waals surface area contributed by atoms with Gasteiger partial charge in [0.1, 0.15) is 22.3 Å². The minimum atomic E-state index is -4.63. The van der Waals surface area contributed by atoms with Gasteiger partial charge in [-0.05, 0) is 25.0 Å². The molecule has 4 aromatic rings. The molecule has 2 aromatic heterocycles. The lowest BCUT2D eigenvalue weighted by Gasteiger charge is -2.17. The summed E-state index contributed by atoms with van der Waals surface area (Å²) in [5.74, 6) is -0.980. The van der Waals surface area contributed by atoms with Gasteiger partial charge < -0.3 is 4.98 Å². The predicted octanol–water partition coefficient (Wildman–Crippen LogP) is 6.12. The summed E-state index contributed by atoms with van der Waals surface area (Å²) in [7, 11) is 0. The SMILES string of the molecule is O=c1c(-c2c(F)cc(Cl)c3nc(-c4ccccc4C(F)(F)F)[nH]c23)c(Cl)n2n1CCCC2. The lowest BCUT2D eigenvalue weighted by atomic mass is 10.1. The normalized spacial score (nSPS) is 14.2. The summed E-state index contributed by atoms with van der Waals surface area (Å²) in [6.07, 6.45) is -3.04. The van der Waals surface area contributed by atoms with Crippen LogP contribution in [0.15, 0.2) is 35.1 Å². The van der Waals surface area contributed by atoms with E-state index in [-0.39, 0.29) is 43.7 Å². The van der Waals surface area contributed by atoms with E-state index >= 15 is 4.39 Å². The molecule has 0 amide bonds. The minimum absolute atomic E-state index is 0.00419. The summed E-state index contributed by atoms with van der Waals surface area (Å²) >= 11 is 12.6. The molecule has 2 aromatic carbocycles. The molecule has 0 saturated carbocycles. The summed E-state index contributed by atoms with van der Waals surface area (Å²) < 4.78 is 58.7. The topological polar surface area (TPSA) is 55.6 Å². The van der Waals surface area contributed by atoms with Crippen LogP contribution in [-0.4, -0.2) is 19.3 Å². The Balaban J connectivity index is 1.81. The van der Waals surface area contributed by atoms with Gasteiger partial charge in [-0.3, -0.25) is 9.48 Å². The number of alkyl halides is 3. The van der Waals surface area contributed by atoms with Crippen molar-refractivity contribution < 1.29 is 17.6 Å². The quantitative estimate of drug-likeness (QED) is 0.348. The van der Waals surface area contributed by atoms with Gasteiger partial charge >= 0.3 is 6.18 Å². The van der Waals surface area contributed by atoms with Crippen molar-refractivity contribution in [3.05, 3.63) is 62.2 Å². The molecule has 1 aliphatic rings. The molecule has 0 fully saturated rings. The number of aromatic amines is 1. The molecular formula is C21H14Cl2F4N4O. The standard InChI is InChI=1S/C21H14Cl2F4N4O/c22-12-9-13(24)14(15-18(23)30-7-3-4-8-31(30)20(15)32)17-16(12)28-19(29-17)10-5-1-2-6-11(10)21(25,26)27/h1-2,5-6,9H,3-4,7-8H2,(H,28,29). The van der Waals surface area contributed by atoms with Gasteiger partial charge in [0.25, 0.3) is 5.56 Å². The van der Waals surface area contributed by atoms with Crippen molar-refractivity contribution in [2.45, 2.75) is 32.1 Å². The van der Waals surface area contributed by atoms with Crippen molar-refractivity contribution in [2.75, 3.05) is 0 Å². The Morgan fingerprint density at radius 3 is 2.41 bits per heavy atom. The molecular weight excluding hydrogens is 471 g/mol. The smallest absolute Gasteiger partial charge is 0.337 e. The molecule has 0 unspecified atom stereocenters. The number of halogens is 6. The Labute approximate surface area is 188 Å². The second-order valence-electron chi connectivity index (χ2n) is 7.49. The first-order chi connectivity index (χ1) is 15.2. The van der Waals surface area contributed by atoms with Crippen LogP contribution in [0.5, 0.6) is 0 Å². The van der Waals surface area contributed by atoms with Crippen molar-refractivity contribution in [1.29, 1.82) is 0 Å². The Bertz CT molecular complexity index is 1430. The summed E-state index contributed by atoms with van der Waals surface area (Å²) in [5, 5.41) is -0.0440. The second-order valence-corrected chi connectivity index (χ2v) is 8.26. The van der Waals surface area contributed by atoms with E-state index in [2.05, 4.69) is 9.97 Å². The lowest BCUT2D eigenvalue weighted by Crippen LogP contribution is -2.27. The lowest BCUT2D eigenvalue weighted by molar-refractivity contribution is -0.137. The summed E-state index contributed by atoms with van der Waals surface area (Å²) in [5.41, 5.74) is -1.82. The van der Waals surface area contributed by atoms with Crippen LogP contribution < -0.4 is 5.56 Å². The number of nitrogens with zero attached hydrogens (tertiary/aromatic N) is 3. The Kier molecular flexibility index (Phi) is 4.86. The van der Waals surface area contributed by atoms with Gasteiger partial charge in [0.15, 0.2) is 0 Å². The Morgan fingerprint density at radius 2 is 1.72 bits per heavy atom. The maximum absolute atomic E-state index is 15.1. The van der Waals surface area contributed by atoms with Gasteiger partial charge in [0, 0.05) is 18.7 Å². The van der Waals surface area contributed by atoms with Gasteiger partial charge in [-0.25, -0.2) is 14.1 Å². The Morgan fingerprint density at radius 1 is 1.03 bits per heavy atom. The highest BCUT2D eigenvalue weighted by Gasteiger charge is 2.34. The molecule has 5 nitrogen and oxygen atoms in total. The minimum Gasteiger partial charge on any atom is -0.337 e. The van der Waals surface area contributed by atoms with Crippen LogP contribution in [0.4, 0.5) is 17.6 Å². The van der Waals surface area contributed by atoms with E-state index < -0.39 is 23.1 Å². The second kappa shape index (κ2) is 7.38. The van der Waals surface area contributed by atoms with Crippen molar-refractivity contribution in [2.24, 2.45) is 0 Å². The van der Waals surface area contributed by atoms with Crippen molar-refractivity contribution in [3.63, 3.8) is 0 Å². The van der Waals surface area contributed by atoms with Crippen LogP contribution >= 0.6 is 23.2 Å². The summed E-state index contributed by atoms with van der Waals surface area (Å²) in [4.78, 5) is 20.0. The van der Waals surface area contributed by atoms with Gasteiger partial charge in [-0.1, -0.05) is 41.4 Å². The van der Waals surface area contributed by atoms with Crippen molar-refractivity contribution in [1.82, 2.24) is 19.3 Å². The Hall–Kier alpha value is -2.78. The number of nitrogens with one attached hydrogen (secondary N) is 1. The van der Waals surface area contributed by atoms with Gasteiger partial charge in [0.2, 0.25) is 0 Å². The fraction of sp³-hybridized carbons (Fsp3) is 0.238. The molecule has 5 rings (SSSR count). The molecule has 0 bridgehead atoms. The van der Waals surface area contributed by atoms with E-state index in [0.29, 0.717) is 13.1 Å². The third-order valence-corrected chi connectivity index (χ3v) is 6.24. The molecule has 0 radical (unpaired) electrons. The fourth-order valence-electron chi connectivity index (χ4n) is 4.14. The van der Waals surface area contributed by atoms with Crippen LogP contribution in [0.2, 0.25) is 10.2 Å². The molecule has 11 heteroatoms. The molecule has 0 spiro atoms. The van der Waals surface area contributed by atoms with E-state index in [0.717, 1.165) is 25.0 Å². The molecule has 32 heavy (non-hydrogen) atoms. The zero-order valence-electron chi connectivity index (χ0n) is 16.2. The van der Waals surface area contributed by atoms with Crippen LogP contribution in [0.1, 0.15) is 18.4 Å². The van der Waals surface area contributed by atoms with Crippen LogP contribution in [0, 0.1) is 5.82 Å². The predicted molar refractivity (Wildman–Crippen MR) is 113 cm³/mol. The van der Waals surface area contributed by atoms with Crippen LogP contribution in [-0.2, 0) is 19.3 Å². The summed E-state index contributed by atoms with van der Waals surface area (Å²) in [6, 6.07) is 5.86. The van der Waals surface area contributed by atoms with Crippen LogP contribution in [0.3, 0.4) is 0 Å². The first-order valence-corrected chi connectivity index (χ1v) is 10.5. The molecule has 1 N–H and O–H groups in total. The zero-order chi connectivity index (χ0) is 22.8. The van der Waals surface area contributed by atoms with Gasteiger partial charge in [-0.15, -0.1) is 0 Å². The van der Waals surface area contributed by atoms with Crippen molar-refractivity contribution >= 4 is 34.2 Å². The maximum atomic E-state index is 15.1. The first-order valence-electron chi connectivity index (χ1n) is 9.72. The average Bonchev–Trinajstić information content (AvgIpc) is 3.30. The van der Waals surface area contributed by atoms with E-state index in [1.807, 2.05) is 0 Å². The van der Waals surface area contributed by atoms with Crippen molar-refractivity contribution in [3.8, 4) is 22.5 Å². The molecule has 3 heterocycles. The average molecular weight is 485 g/mol. The fourth-order valence-corrected chi connectivity index (χ4v) is 4.73. The van der Waals surface area contributed by atoms with E-state index in [4.69, 9.17) is 23.2 Å². The third kappa shape index (κ3) is 3.14. The van der Waals surface area contributed by atoms with Crippen LogP contribution in [0.25, 0.3) is 33.5 Å². The van der Waals surface area contributed by atoms with Gasteiger partial charge in [-0.2, -0.15) is 13.2 Å². The highest BCUT2D eigenvalue weighted by atomic mass is 35.5. The van der Waals surface area contributed by atoms with E-state index in [1.54, 1.807) is 4.68 Å². The molecule has 0 atom stereocenters. The summed E-state index contributed by atoms with van der Waals surface area (Å²) in [6.45, 7) is 0.934. The molecule has 0 saturated heterocycles. The monoisotopic (exact) mass is 484 g/mol. The number of imidazole rings is 1. The number of benzene rings is 2. The largest absolute Gasteiger partial charge is 0.417 e.